The Kier molecular flexibility index (Phi) is 5.44. The minimum atomic E-state index is -1.14. The van der Waals surface area contributed by atoms with E-state index in [1.807, 2.05) is 67.6 Å². The molecule has 7 nitrogen and oxygen atoms in total. The van der Waals surface area contributed by atoms with Crippen LogP contribution in [-0.2, 0) is 23.9 Å². The van der Waals surface area contributed by atoms with Gasteiger partial charge in [-0.2, -0.15) is 0 Å². The number of amides is 3. The second-order valence-corrected chi connectivity index (χ2v) is 9.96. The molecule has 3 atom stereocenters. The first-order valence-electron chi connectivity index (χ1n) is 12.4. The van der Waals surface area contributed by atoms with Gasteiger partial charge in [0.1, 0.15) is 6.04 Å². The summed E-state index contributed by atoms with van der Waals surface area (Å²) in [6.07, 6.45) is 0. The van der Waals surface area contributed by atoms with E-state index in [9.17, 15) is 19.2 Å². The number of aryl methyl sites for hydroxylation is 1. The molecule has 0 radical (unpaired) electrons. The highest BCUT2D eigenvalue weighted by molar-refractivity contribution is 6.10. The van der Waals surface area contributed by atoms with Crippen molar-refractivity contribution < 1.29 is 23.9 Å². The maximum atomic E-state index is 13.7. The van der Waals surface area contributed by atoms with Gasteiger partial charge in [0, 0.05) is 17.5 Å². The summed E-state index contributed by atoms with van der Waals surface area (Å²) >= 11 is 0. The zero-order valence-electron chi connectivity index (χ0n) is 20.5. The van der Waals surface area contributed by atoms with Crippen molar-refractivity contribution in [3.05, 3.63) is 101 Å². The first-order valence-corrected chi connectivity index (χ1v) is 12.4. The second-order valence-electron chi connectivity index (χ2n) is 9.96. The SMILES string of the molecule is Cc1ccccc1NC(=O)COC(=O)[C@H](C)N1C(=O)[C@@H]2C3c4ccccc4C(c4ccccc43)[C@H]2C1=O. The molecule has 3 aliphatic carbocycles. The fourth-order valence-electron chi connectivity index (χ4n) is 6.34. The van der Waals surface area contributed by atoms with Crippen LogP contribution in [0.5, 0.6) is 0 Å². The van der Waals surface area contributed by atoms with Gasteiger partial charge in [-0.25, -0.2) is 4.79 Å². The van der Waals surface area contributed by atoms with Gasteiger partial charge in [0.05, 0.1) is 11.8 Å². The van der Waals surface area contributed by atoms with E-state index < -0.39 is 36.4 Å². The Hall–Kier alpha value is -4.26. The second kappa shape index (κ2) is 8.69. The van der Waals surface area contributed by atoms with Crippen LogP contribution in [0.1, 0.15) is 46.6 Å². The van der Waals surface area contributed by atoms with Crippen LogP contribution in [0.2, 0.25) is 0 Å². The van der Waals surface area contributed by atoms with E-state index in [2.05, 4.69) is 5.32 Å². The molecule has 3 amide bonds. The maximum absolute atomic E-state index is 13.7. The van der Waals surface area contributed by atoms with Gasteiger partial charge in [0.25, 0.3) is 5.91 Å². The number of ether oxygens (including phenoxy) is 1. The van der Waals surface area contributed by atoms with Crippen LogP contribution in [0.25, 0.3) is 0 Å². The lowest BCUT2D eigenvalue weighted by molar-refractivity contribution is -0.159. The Morgan fingerprint density at radius 1 is 0.811 bits per heavy atom. The lowest BCUT2D eigenvalue weighted by atomic mass is 9.55. The van der Waals surface area contributed by atoms with Crippen LogP contribution in [0.3, 0.4) is 0 Å². The van der Waals surface area contributed by atoms with E-state index in [-0.39, 0.29) is 23.7 Å². The number of esters is 1. The molecule has 4 aliphatic rings. The molecule has 2 bridgehead atoms. The molecular formula is C30H26N2O5. The fraction of sp³-hybridized carbons (Fsp3) is 0.267. The Balaban J connectivity index is 1.22. The van der Waals surface area contributed by atoms with Gasteiger partial charge in [0.15, 0.2) is 6.61 Å². The molecule has 0 spiro atoms. The molecule has 0 saturated carbocycles. The molecule has 3 aromatic rings. The van der Waals surface area contributed by atoms with Gasteiger partial charge < -0.3 is 10.1 Å². The quantitative estimate of drug-likeness (QED) is 0.431. The van der Waals surface area contributed by atoms with Crippen LogP contribution in [-0.4, -0.2) is 41.2 Å². The molecule has 186 valence electrons. The minimum absolute atomic E-state index is 0.244. The number of para-hydroxylation sites is 1. The third-order valence-electron chi connectivity index (χ3n) is 7.98. The molecule has 7 rings (SSSR count). The average molecular weight is 495 g/mol. The van der Waals surface area contributed by atoms with E-state index in [1.54, 1.807) is 12.1 Å². The maximum Gasteiger partial charge on any atom is 0.329 e. The standard InChI is InChI=1S/C30H26N2O5/c1-16-9-3-8-14-22(16)31-23(33)15-37-30(36)17(2)32-28(34)26-24-18-10-4-5-11-19(18)25(27(26)29(32)35)21-13-7-6-12-20(21)24/h3-14,17,24-27H,15H2,1-2H3,(H,31,33)/t17-,24?,25?,26+,27+/m0/s1. The molecule has 1 heterocycles. The van der Waals surface area contributed by atoms with Crippen molar-refractivity contribution in [2.75, 3.05) is 11.9 Å². The first kappa shape index (κ1) is 23.2. The smallest absolute Gasteiger partial charge is 0.329 e. The topological polar surface area (TPSA) is 92.8 Å². The van der Waals surface area contributed by atoms with Gasteiger partial charge in [0.2, 0.25) is 11.8 Å². The van der Waals surface area contributed by atoms with Crippen molar-refractivity contribution in [1.29, 1.82) is 0 Å². The number of anilines is 1. The van der Waals surface area contributed by atoms with E-state index in [4.69, 9.17) is 4.74 Å². The number of likely N-dealkylation sites (tertiary alicyclic amines) is 1. The number of benzene rings is 3. The normalized spacial score (nSPS) is 23.7. The monoisotopic (exact) mass is 494 g/mol. The molecule has 0 unspecified atom stereocenters. The molecule has 1 fully saturated rings. The van der Waals surface area contributed by atoms with Gasteiger partial charge in [-0.15, -0.1) is 0 Å². The molecule has 7 heteroatoms. The van der Waals surface area contributed by atoms with Crippen LogP contribution < -0.4 is 5.32 Å². The largest absolute Gasteiger partial charge is 0.454 e. The summed E-state index contributed by atoms with van der Waals surface area (Å²) in [5.74, 6) is -3.62. The Morgan fingerprint density at radius 2 is 1.27 bits per heavy atom. The van der Waals surface area contributed by atoms with E-state index in [0.29, 0.717) is 5.69 Å². The summed E-state index contributed by atoms with van der Waals surface area (Å²) in [6, 6.07) is 22.1. The number of rotatable bonds is 5. The molecule has 37 heavy (non-hydrogen) atoms. The van der Waals surface area contributed by atoms with Crippen molar-refractivity contribution in [3.63, 3.8) is 0 Å². The van der Waals surface area contributed by atoms with Gasteiger partial charge in [-0.3, -0.25) is 19.3 Å². The minimum Gasteiger partial charge on any atom is -0.454 e. The summed E-state index contributed by atoms with van der Waals surface area (Å²) in [5.41, 5.74) is 5.78. The summed E-state index contributed by atoms with van der Waals surface area (Å²) in [4.78, 5) is 53.8. The molecule has 0 aromatic heterocycles. The molecule has 1 saturated heterocycles. The first-order chi connectivity index (χ1) is 17.9. The predicted octanol–water partition coefficient (Wildman–Crippen LogP) is 3.76. The number of imide groups is 1. The lowest BCUT2D eigenvalue weighted by Gasteiger charge is -2.45. The van der Waals surface area contributed by atoms with Crippen molar-refractivity contribution >= 4 is 29.4 Å². The number of hydrogen-bond acceptors (Lipinski definition) is 5. The molecular weight excluding hydrogens is 468 g/mol. The zero-order chi connectivity index (χ0) is 25.8. The van der Waals surface area contributed by atoms with Gasteiger partial charge in [-0.1, -0.05) is 66.7 Å². The van der Waals surface area contributed by atoms with Crippen molar-refractivity contribution in [1.82, 2.24) is 4.90 Å². The fourth-order valence-corrected chi connectivity index (χ4v) is 6.34. The summed E-state index contributed by atoms with van der Waals surface area (Å²) < 4.78 is 5.24. The number of hydrogen-bond donors (Lipinski definition) is 1. The third-order valence-corrected chi connectivity index (χ3v) is 7.98. The predicted molar refractivity (Wildman–Crippen MR) is 136 cm³/mol. The Bertz CT molecular complexity index is 1350. The number of carbonyl (C=O) groups excluding carboxylic acids is 4. The zero-order valence-corrected chi connectivity index (χ0v) is 20.5. The highest BCUT2D eigenvalue weighted by Crippen LogP contribution is 2.61. The number of nitrogens with zero attached hydrogens (tertiary/aromatic N) is 1. The van der Waals surface area contributed by atoms with E-state index >= 15 is 0 Å². The highest BCUT2D eigenvalue weighted by atomic mass is 16.5. The Morgan fingerprint density at radius 3 is 1.76 bits per heavy atom. The highest BCUT2D eigenvalue weighted by Gasteiger charge is 2.62. The van der Waals surface area contributed by atoms with Crippen molar-refractivity contribution in [2.45, 2.75) is 31.7 Å². The summed E-state index contributed by atoms with van der Waals surface area (Å²) in [6.45, 7) is 2.83. The number of carbonyl (C=O) groups is 4. The summed E-state index contributed by atoms with van der Waals surface area (Å²) in [7, 11) is 0. The third kappa shape index (κ3) is 3.49. The van der Waals surface area contributed by atoms with E-state index in [1.165, 1.54) is 6.92 Å². The van der Waals surface area contributed by atoms with Crippen LogP contribution >= 0.6 is 0 Å². The Labute approximate surface area is 214 Å². The van der Waals surface area contributed by atoms with Crippen LogP contribution in [0.4, 0.5) is 5.69 Å². The molecule has 3 aromatic carbocycles. The van der Waals surface area contributed by atoms with Gasteiger partial charge >= 0.3 is 5.97 Å². The van der Waals surface area contributed by atoms with Gasteiger partial charge in [-0.05, 0) is 47.7 Å². The number of nitrogens with one attached hydrogen (secondary N) is 1. The van der Waals surface area contributed by atoms with Crippen LogP contribution in [0, 0.1) is 18.8 Å². The average Bonchev–Trinajstić information content (AvgIpc) is 3.18. The van der Waals surface area contributed by atoms with Crippen molar-refractivity contribution in [2.24, 2.45) is 11.8 Å². The summed E-state index contributed by atoms with van der Waals surface area (Å²) in [5, 5.41) is 2.71. The van der Waals surface area contributed by atoms with Crippen molar-refractivity contribution in [3.8, 4) is 0 Å². The molecule has 1 aliphatic heterocycles. The lowest BCUT2D eigenvalue weighted by Crippen LogP contribution is -2.45. The van der Waals surface area contributed by atoms with E-state index in [0.717, 1.165) is 32.7 Å². The van der Waals surface area contributed by atoms with Crippen LogP contribution in [0.15, 0.2) is 72.8 Å². The molecule has 1 N–H and O–H groups in total.